The molecule has 1 fully saturated rings. The van der Waals surface area contributed by atoms with Crippen LogP contribution in [0.3, 0.4) is 0 Å². The van der Waals surface area contributed by atoms with Crippen molar-refractivity contribution in [2.75, 3.05) is 20.6 Å². The molecule has 0 radical (unpaired) electrons. The van der Waals surface area contributed by atoms with Crippen molar-refractivity contribution in [3.63, 3.8) is 0 Å². The number of rotatable bonds is 6. The van der Waals surface area contributed by atoms with Gasteiger partial charge in [0, 0.05) is 17.5 Å². The lowest BCUT2D eigenvalue weighted by Gasteiger charge is -2.25. The highest BCUT2D eigenvalue weighted by Crippen LogP contribution is 2.49. The second kappa shape index (κ2) is 7.37. The molecule has 0 aromatic heterocycles. The van der Waals surface area contributed by atoms with Gasteiger partial charge in [-0.15, -0.1) is 0 Å². The minimum atomic E-state index is 0.0449. The molecule has 4 heteroatoms. The first-order valence-corrected chi connectivity index (χ1v) is 8.69. The molecule has 0 spiro atoms. The molecule has 3 nitrogen and oxygen atoms in total. The summed E-state index contributed by atoms with van der Waals surface area (Å²) in [6.07, 6.45) is 0.882. The van der Waals surface area contributed by atoms with E-state index in [2.05, 4.69) is 22.3 Å². The Morgan fingerprint density at radius 2 is 1.83 bits per heavy atom. The van der Waals surface area contributed by atoms with Gasteiger partial charge in [0.2, 0.25) is 5.91 Å². The molecule has 0 aliphatic heterocycles. The second-order valence-electron chi connectivity index (χ2n) is 6.61. The van der Waals surface area contributed by atoms with Crippen LogP contribution in [0.2, 0.25) is 5.02 Å². The summed E-state index contributed by atoms with van der Waals surface area (Å²) in [4.78, 5) is 14.6. The fraction of sp³-hybridized carbons (Fsp3) is 0.350. The molecule has 2 aromatic rings. The molecule has 126 valence electrons. The van der Waals surface area contributed by atoms with E-state index in [0.29, 0.717) is 6.54 Å². The van der Waals surface area contributed by atoms with Gasteiger partial charge in [0.15, 0.2) is 0 Å². The molecule has 3 rings (SSSR count). The van der Waals surface area contributed by atoms with Crippen molar-refractivity contribution in [2.24, 2.45) is 5.92 Å². The Labute approximate surface area is 148 Å². The van der Waals surface area contributed by atoms with Gasteiger partial charge in [-0.2, -0.15) is 0 Å². The first kappa shape index (κ1) is 17.0. The molecule has 3 unspecified atom stereocenters. The first-order chi connectivity index (χ1) is 11.6. The third kappa shape index (κ3) is 3.80. The Balaban J connectivity index is 1.59. The highest BCUT2D eigenvalue weighted by molar-refractivity contribution is 6.31. The van der Waals surface area contributed by atoms with Crippen LogP contribution < -0.4 is 5.32 Å². The third-order valence-corrected chi connectivity index (χ3v) is 5.05. The van der Waals surface area contributed by atoms with E-state index in [1.165, 1.54) is 5.56 Å². The highest BCUT2D eigenvalue weighted by Gasteiger charge is 2.44. The van der Waals surface area contributed by atoms with Gasteiger partial charge in [0.05, 0.1) is 6.04 Å². The zero-order chi connectivity index (χ0) is 17.1. The van der Waals surface area contributed by atoms with Gasteiger partial charge in [-0.05, 0) is 43.6 Å². The zero-order valence-electron chi connectivity index (χ0n) is 14.1. The molecule has 1 saturated carbocycles. The van der Waals surface area contributed by atoms with Gasteiger partial charge in [-0.3, -0.25) is 4.79 Å². The van der Waals surface area contributed by atoms with E-state index in [1.807, 2.05) is 56.6 Å². The largest absolute Gasteiger partial charge is 0.354 e. The summed E-state index contributed by atoms with van der Waals surface area (Å²) in [5.74, 6) is 0.430. The number of benzene rings is 2. The Kier molecular flexibility index (Phi) is 5.22. The molecule has 1 N–H and O–H groups in total. The molecule has 3 atom stereocenters. The van der Waals surface area contributed by atoms with Crippen molar-refractivity contribution in [1.29, 1.82) is 0 Å². The SMILES string of the molecule is CN(C)C(CNC(=O)C1CC1c1ccccc1Cl)c1ccccc1. The lowest BCUT2D eigenvalue weighted by atomic mass is 10.1. The number of carbonyl (C=O) groups is 1. The summed E-state index contributed by atoms with van der Waals surface area (Å²) in [5.41, 5.74) is 2.30. The van der Waals surface area contributed by atoms with Crippen molar-refractivity contribution in [1.82, 2.24) is 10.2 Å². The average molecular weight is 343 g/mol. The van der Waals surface area contributed by atoms with Gasteiger partial charge in [0.25, 0.3) is 0 Å². The molecular weight excluding hydrogens is 320 g/mol. The standard InChI is InChI=1S/C20H23ClN2O/c1-23(2)19(14-8-4-3-5-9-14)13-22-20(24)17-12-16(17)15-10-6-7-11-18(15)21/h3-11,16-17,19H,12-13H2,1-2H3,(H,22,24). The Morgan fingerprint density at radius 1 is 1.17 bits per heavy atom. The lowest BCUT2D eigenvalue weighted by molar-refractivity contribution is -0.122. The zero-order valence-corrected chi connectivity index (χ0v) is 14.8. The van der Waals surface area contributed by atoms with Gasteiger partial charge >= 0.3 is 0 Å². The van der Waals surface area contributed by atoms with Crippen LogP contribution in [0.4, 0.5) is 0 Å². The van der Waals surface area contributed by atoms with E-state index in [4.69, 9.17) is 11.6 Å². The average Bonchev–Trinajstić information content (AvgIpc) is 3.36. The summed E-state index contributed by atoms with van der Waals surface area (Å²) < 4.78 is 0. The molecule has 24 heavy (non-hydrogen) atoms. The Bertz CT molecular complexity index is 702. The van der Waals surface area contributed by atoms with E-state index in [-0.39, 0.29) is 23.8 Å². The highest BCUT2D eigenvalue weighted by atomic mass is 35.5. The van der Waals surface area contributed by atoms with Crippen LogP contribution in [0.1, 0.15) is 29.5 Å². The van der Waals surface area contributed by atoms with Crippen LogP contribution in [-0.2, 0) is 4.79 Å². The van der Waals surface area contributed by atoms with E-state index < -0.39 is 0 Å². The predicted molar refractivity (Wildman–Crippen MR) is 98.2 cm³/mol. The monoisotopic (exact) mass is 342 g/mol. The van der Waals surface area contributed by atoms with Crippen molar-refractivity contribution in [3.05, 3.63) is 70.7 Å². The molecule has 1 amide bonds. The predicted octanol–water partition coefficient (Wildman–Crippen LogP) is 3.86. The number of nitrogens with one attached hydrogen (secondary N) is 1. The minimum Gasteiger partial charge on any atom is -0.354 e. The number of hydrogen-bond acceptors (Lipinski definition) is 2. The molecule has 0 bridgehead atoms. The van der Waals surface area contributed by atoms with Gasteiger partial charge in [0.1, 0.15) is 0 Å². The topological polar surface area (TPSA) is 32.3 Å². The maximum atomic E-state index is 12.5. The number of amides is 1. The van der Waals surface area contributed by atoms with Gasteiger partial charge < -0.3 is 10.2 Å². The molecule has 0 heterocycles. The maximum Gasteiger partial charge on any atom is 0.223 e. The van der Waals surface area contributed by atoms with E-state index >= 15 is 0 Å². The van der Waals surface area contributed by atoms with E-state index in [0.717, 1.165) is 17.0 Å². The third-order valence-electron chi connectivity index (χ3n) is 4.71. The summed E-state index contributed by atoms with van der Waals surface area (Å²) in [5, 5.41) is 3.88. The summed E-state index contributed by atoms with van der Waals surface area (Å²) in [6, 6.07) is 18.2. The van der Waals surface area contributed by atoms with Crippen LogP contribution in [0, 0.1) is 5.92 Å². The van der Waals surface area contributed by atoms with E-state index in [1.54, 1.807) is 0 Å². The number of carbonyl (C=O) groups excluding carboxylic acids is 1. The van der Waals surface area contributed by atoms with Crippen LogP contribution in [-0.4, -0.2) is 31.4 Å². The number of nitrogens with zero attached hydrogens (tertiary/aromatic N) is 1. The Morgan fingerprint density at radius 3 is 2.50 bits per heavy atom. The quantitative estimate of drug-likeness (QED) is 0.864. The van der Waals surface area contributed by atoms with Crippen LogP contribution in [0.15, 0.2) is 54.6 Å². The molecule has 1 aliphatic carbocycles. The second-order valence-corrected chi connectivity index (χ2v) is 7.01. The molecule has 1 aliphatic rings. The summed E-state index contributed by atoms with van der Waals surface area (Å²) >= 11 is 6.24. The van der Waals surface area contributed by atoms with Crippen LogP contribution in [0.25, 0.3) is 0 Å². The minimum absolute atomic E-state index is 0.0449. The van der Waals surface area contributed by atoms with Crippen molar-refractivity contribution < 1.29 is 4.79 Å². The van der Waals surface area contributed by atoms with Gasteiger partial charge in [-0.25, -0.2) is 0 Å². The number of likely N-dealkylation sites (N-methyl/N-ethyl adjacent to an activating group) is 1. The summed E-state index contributed by atoms with van der Waals surface area (Å²) in [6.45, 7) is 0.613. The van der Waals surface area contributed by atoms with Crippen molar-refractivity contribution in [3.8, 4) is 0 Å². The Hall–Kier alpha value is -1.84. The maximum absolute atomic E-state index is 12.5. The van der Waals surface area contributed by atoms with Crippen molar-refractivity contribution in [2.45, 2.75) is 18.4 Å². The fourth-order valence-electron chi connectivity index (χ4n) is 3.21. The van der Waals surface area contributed by atoms with Crippen LogP contribution >= 0.6 is 11.6 Å². The molecule has 2 aromatic carbocycles. The van der Waals surface area contributed by atoms with E-state index in [9.17, 15) is 4.79 Å². The smallest absolute Gasteiger partial charge is 0.223 e. The summed E-state index contributed by atoms with van der Waals surface area (Å²) in [7, 11) is 4.07. The van der Waals surface area contributed by atoms with Crippen molar-refractivity contribution >= 4 is 17.5 Å². The first-order valence-electron chi connectivity index (χ1n) is 8.31. The molecule has 0 saturated heterocycles. The normalized spacial score (nSPS) is 20.7. The van der Waals surface area contributed by atoms with Crippen LogP contribution in [0.5, 0.6) is 0 Å². The lowest BCUT2D eigenvalue weighted by Crippen LogP contribution is -2.35. The molecular formula is C20H23ClN2O. The number of hydrogen-bond donors (Lipinski definition) is 1. The number of halogens is 1. The fourth-order valence-corrected chi connectivity index (χ4v) is 3.48. The van der Waals surface area contributed by atoms with Gasteiger partial charge in [-0.1, -0.05) is 60.1 Å².